The van der Waals surface area contributed by atoms with Crippen LogP contribution >= 0.6 is 11.3 Å². The first kappa shape index (κ1) is 14.5. The monoisotopic (exact) mass is 282 g/mol. The summed E-state index contributed by atoms with van der Waals surface area (Å²) < 4.78 is 0. The summed E-state index contributed by atoms with van der Waals surface area (Å²) in [5.74, 6) is -0.384. The zero-order chi connectivity index (χ0) is 13.7. The van der Waals surface area contributed by atoms with Gasteiger partial charge in [-0.05, 0) is 18.9 Å². The first-order valence-corrected chi connectivity index (χ1v) is 7.77. The molecule has 4 nitrogen and oxygen atoms in total. The summed E-state index contributed by atoms with van der Waals surface area (Å²) in [5.41, 5.74) is 5.23. The Morgan fingerprint density at radius 3 is 2.63 bits per heavy atom. The minimum atomic E-state index is -0.555. The minimum Gasteiger partial charge on any atom is -0.389 e. The fraction of sp³-hybridized carbons (Fsp3) is 0.643. The van der Waals surface area contributed by atoms with Gasteiger partial charge in [0.05, 0.1) is 11.2 Å². The Morgan fingerprint density at radius 1 is 1.37 bits per heavy atom. The number of rotatable bonds is 5. The van der Waals surface area contributed by atoms with Gasteiger partial charge in [-0.15, -0.1) is 11.3 Å². The van der Waals surface area contributed by atoms with E-state index < -0.39 is 5.60 Å². The second kappa shape index (κ2) is 6.50. The number of primary amides is 1. The van der Waals surface area contributed by atoms with E-state index in [0.717, 1.165) is 30.6 Å². The fourth-order valence-electron chi connectivity index (χ4n) is 2.58. The summed E-state index contributed by atoms with van der Waals surface area (Å²) >= 11 is 1.52. The van der Waals surface area contributed by atoms with Crippen LogP contribution in [0.1, 0.15) is 53.8 Å². The van der Waals surface area contributed by atoms with E-state index >= 15 is 0 Å². The van der Waals surface area contributed by atoms with Gasteiger partial charge >= 0.3 is 0 Å². The molecule has 5 heteroatoms. The van der Waals surface area contributed by atoms with Crippen molar-refractivity contribution < 1.29 is 9.90 Å². The second-order valence-corrected chi connectivity index (χ2v) is 6.40. The van der Waals surface area contributed by atoms with E-state index in [2.05, 4.69) is 5.32 Å². The Bertz CT molecular complexity index is 423. The predicted octanol–water partition coefficient (Wildman–Crippen LogP) is 2.02. The van der Waals surface area contributed by atoms with Gasteiger partial charge in [0.25, 0.3) is 0 Å². The van der Waals surface area contributed by atoms with Crippen molar-refractivity contribution in [2.24, 2.45) is 5.73 Å². The predicted molar refractivity (Wildman–Crippen MR) is 77.2 cm³/mol. The van der Waals surface area contributed by atoms with E-state index in [-0.39, 0.29) is 5.91 Å². The van der Waals surface area contributed by atoms with Gasteiger partial charge in [-0.25, -0.2) is 0 Å². The standard InChI is InChI=1S/C14H22N2O2S/c15-13(17)11-7-12(19-9-11)8-16-10-14(18)5-3-1-2-4-6-14/h7,9,16,18H,1-6,8,10H2,(H2,15,17). The number of hydrogen-bond donors (Lipinski definition) is 3. The lowest BCUT2D eigenvalue weighted by molar-refractivity contribution is 0.0251. The highest BCUT2D eigenvalue weighted by Crippen LogP contribution is 2.26. The van der Waals surface area contributed by atoms with Crippen LogP contribution in [0.2, 0.25) is 0 Å². The van der Waals surface area contributed by atoms with Gasteiger partial charge in [0, 0.05) is 23.3 Å². The molecule has 4 N–H and O–H groups in total. The Balaban J connectivity index is 1.80. The summed E-state index contributed by atoms with van der Waals surface area (Å²) in [6.07, 6.45) is 6.46. The molecule has 0 unspecified atom stereocenters. The normalized spacial score (nSPS) is 19.0. The molecule has 0 bridgehead atoms. The molecule has 1 aromatic heterocycles. The third-order valence-corrected chi connectivity index (χ3v) is 4.66. The lowest BCUT2D eigenvalue weighted by atomic mass is 9.94. The van der Waals surface area contributed by atoms with Crippen molar-refractivity contribution in [1.29, 1.82) is 0 Å². The van der Waals surface area contributed by atoms with E-state index in [1.54, 1.807) is 5.38 Å². The van der Waals surface area contributed by atoms with Gasteiger partial charge in [-0.1, -0.05) is 25.7 Å². The van der Waals surface area contributed by atoms with Crippen molar-refractivity contribution in [3.63, 3.8) is 0 Å². The van der Waals surface area contributed by atoms with Crippen LogP contribution in [0.4, 0.5) is 0 Å². The number of carbonyl (C=O) groups is 1. The first-order chi connectivity index (χ1) is 9.09. The molecule has 1 fully saturated rings. The molecule has 2 rings (SSSR count). The van der Waals surface area contributed by atoms with Gasteiger partial charge in [-0.3, -0.25) is 4.79 Å². The maximum absolute atomic E-state index is 11.0. The van der Waals surface area contributed by atoms with E-state index in [1.807, 2.05) is 6.07 Å². The molecule has 0 radical (unpaired) electrons. The number of nitrogens with two attached hydrogens (primary N) is 1. The number of amides is 1. The third kappa shape index (κ3) is 4.30. The van der Waals surface area contributed by atoms with Gasteiger partial charge in [0.2, 0.25) is 5.91 Å². The van der Waals surface area contributed by atoms with E-state index in [1.165, 1.54) is 24.2 Å². The number of nitrogens with one attached hydrogen (secondary N) is 1. The molecule has 1 aromatic rings. The molecule has 0 spiro atoms. The topological polar surface area (TPSA) is 75.4 Å². The van der Waals surface area contributed by atoms with Crippen molar-refractivity contribution in [3.05, 3.63) is 21.9 Å². The molecule has 0 aromatic carbocycles. The number of carbonyl (C=O) groups excluding carboxylic acids is 1. The number of hydrogen-bond acceptors (Lipinski definition) is 4. The highest BCUT2D eigenvalue weighted by molar-refractivity contribution is 7.10. The van der Waals surface area contributed by atoms with Gasteiger partial charge < -0.3 is 16.2 Å². The SMILES string of the molecule is NC(=O)c1csc(CNCC2(O)CCCCCC2)c1. The molecule has 106 valence electrons. The van der Waals surface area contributed by atoms with Crippen LogP contribution in [-0.2, 0) is 6.54 Å². The highest BCUT2D eigenvalue weighted by atomic mass is 32.1. The zero-order valence-electron chi connectivity index (χ0n) is 11.2. The van der Waals surface area contributed by atoms with Crippen LogP contribution in [0, 0.1) is 0 Å². The maximum atomic E-state index is 11.0. The lowest BCUT2D eigenvalue weighted by Crippen LogP contribution is -2.39. The molecule has 0 aliphatic heterocycles. The van der Waals surface area contributed by atoms with E-state index in [9.17, 15) is 9.90 Å². The van der Waals surface area contributed by atoms with Gasteiger partial charge in [0.15, 0.2) is 0 Å². The van der Waals surface area contributed by atoms with Crippen molar-refractivity contribution in [2.75, 3.05) is 6.54 Å². The van der Waals surface area contributed by atoms with Gasteiger partial charge in [0.1, 0.15) is 0 Å². The molecule has 0 saturated heterocycles. The number of thiophene rings is 1. The van der Waals surface area contributed by atoms with Crippen molar-refractivity contribution >= 4 is 17.2 Å². The van der Waals surface area contributed by atoms with E-state index in [4.69, 9.17) is 5.73 Å². The molecule has 1 amide bonds. The zero-order valence-corrected chi connectivity index (χ0v) is 12.0. The molecule has 19 heavy (non-hydrogen) atoms. The van der Waals surface area contributed by atoms with Crippen LogP contribution in [-0.4, -0.2) is 23.2 Å². The molecule has 1 aliphatic carbocycles. The van der Waals surface area contributed by atoms with Crippen LogP contribution < -0.4 is 11.1 Å². The lowest BCUT2D eigenvalue weighted by Gasteiger charge is -2.26. The Kier molecular flexibility index (Phi) is 4.96. The Hall–Kier alpha value is -0.910. The van der Waals surface area contributed by atoms with Crippen LogP contribution in [0.15, 0.2) is 11.4 Å². The van der Waals surface area contributed by atoms with Crippen molar-refractivity contribution in [3.8, 4) is 0 Å². The average molecular weight is 282 g/mol. The second-order valence-electron chi connectivity index (χ2n) is 5.41. The summed E-state index contributed by atoms with van der Waals surface area (Å²) in [6, 6.07) is 1.82. The molecular weight excluding hydrogens is 260 g/mol. The Morgan fingerprint density at radius 2 is 2.05 bits per heavy atom. The van der Waals surface area contributed by atoms with E-state index in [0.29, 0.717) is 18.7 Å². The van der Waals surface area contributed by atoms with Crippen LogP contribution in [0.3, 0.4) is 0 Å². The fourth-order valence-corrected chi connectivity index (χ4v) is 3.43. The minimum absolute atomic E-state index is 0.384. The first-order valence-electron chi connectivity index (χ1n) is 6.89. The van der Waals surface area contributed by atoms with Crippen molar-refractivity contribution in [2.45, 2.75) is 50.7 Å². The summed E-state index contributed by atoms with van der Waals surface area (Å²) in [4.78, 5) is 12.1. The number of aliphatic hydroxyl groups is 1. The van der Waals surface area contributed by atoms with Crippen molar-refractivity contribution in [1.82, 2.24) is 5.32 Å². The largest absolute Gasteiger partial charge is 0.389 e. The Labute approximate surface area is 118 Å². The molecular formula is C14H22N2O2S. The highest BCUT2D eigenvalue weighted by Gasteiger charge is 2.27. The van der Waals surface area contributed by atoms with Crippen LogP contribution in [0.5, 0.6) is 0 Å². The third-order valence-electron chi connectivity index (χ3n) is 3.73. The molecule has 1 heterocycles. The molecule has 1 aliphatic rings. The van der Waals surface area contributed by atoms with Crippen LogP contribution in [0.25, 0.3) is 0 Å². The molecule has 1 saturated carbocycles. The maximum Gasteiger partial charge on any atom is 0.249 e. The summed E-state index contributed by atoms with van der Waals surface area (Å²) in [7, 11) is 0. The summed E-state index contributed by atoms with van der Waals surface area (Å²) in [5, 5.41) is 15.6. The molecule has 0 atom stereocenters. The average Bonchev–Trinajstić information content (AvgIpc) is 2.73. The smallest absolute Gasteiger partial charge is 0.249 e. The summed E-state index contributed by atoms with van der Waals surface area (Å²) in [6.45, 7) is 1.30. The van der Waals surface area contributed by atoms with Gasteiger partial charge in [-0.2, -0.15) is 0 Å². The quantitative estimate of drug-likeness (QED) is 0.723.